The molecule has 1 aromatic carbocycles. The van der Waals surface area contributed by atoms with Gasteiger partial charge in [-0.05, 0) is 63.6 Å². The lowest BCUT2D eigenvalue weighted by Crippen LogP contribution is -2.34. The van der Waals surface area contributed by atoms with Crippen molar-refractivity contribution in [2.75, 3.05) is 34.4 Å². The van der Waals surface area contributed by atoms with Crippen LogP contribution in [0, 0.1) is 19.8 Å². The summed E-state index contributed by atoms with van der Waals surface area (Å²) < 4.78 is 5.31. The number of aromatic nitrogens is 2. The van der Waals surface area contributed by atoms with Crippen molar-refractivity contribution in [1.82, 2.24) is 15.5 Å². The molecule has 0 unspecified atom stereocenters. The molecule has 2 aliphatic heterocycles. The van der Waals surface area contributed by atoms with Crippen LogP contribution >= 0.6 is 0 Å². The van der Waals surface area contributed by atoms with E-state index in [9.17, 15) is 14.4 Å². The second-order valence-electron chi connectivity index (χ2n) is 11.4. The van der Waals surface area contributed by atoms with Crippen molar-refractivity contribution in [3.63, 3.8) is 0 Å². The Labute approximate surface area is 232 Å². The fourth-order valence-corrected chi connectivity index (χ4v) is 4.94. The molecule has 210 valence electrons. The van der Waals surface area contributed by atoms with Gasteiger partial charge in [0.1, 0.15) is 5.76 Å². The van der Waals surface area contributed by atoms with E-state index in [1.807, 2.05) is 34.6 Å². The highest BCUT2D eigenvalue weighted by Gasteiger charge is 2.27. The van der Waals surface area contributed by atoms with Gasteiger partial charge in [0.2, 0.25) is 5.91 Å². The molecule has 4 amide bonds. The summed E-state index contributed by atoms with van der Waals surface area (Å²) in [4.78, 5) is 41.5. The van der Waals surface area contributed by atoms with Crippen LogP contribution in [0.2, 0.25) is 0 Å². The van der Waals surface area contributed by atoms with E-state index in [-0.39, 0.29) is 23.1 Å². The Hall–Kier alpha value is -4.38. The largest absolute Gasteiger partial charge is 0.359 e. The number of aromatic amines is 1. The summed E-state index contributed by atoms with van der Waals surface area (Å²) in [6.07, 6.45) is 3.43. The average Bonchev–Trinajstić information content (AvgIpc) is 3.57. The van der Waals surface area contributed by atoms with E-state index < -0.39 is 6.03 Å². The Morgan fingerprint density at radius 1 is 1.07 bits per heavy atom. The number of anilines is 4. The van der Waals surface area contributed by atoms with Crippen molar-refractivity contribution >= 4 is 52.4 Å². The minimum Gasteiger partial charge on any atom is -0.359 e. The van der Waals surface area contributed by atoms with E-state index in [2.05, 4.69) is 36.7 Å². The average molecular weight is 546 g/mol. The third-order valence-electron chi connectivity index (χ3n) is 7.27. The summed E-state index contributed by atoms with van der Waals surface area (Å²) in [7, 11) is 0. The van der Waals surface area contributed by atoms with Crippen LogP contribution in [0.1, 0.15) is 61.9 Å². The molecule has 1 saturated heterocycles. The first kappa shape index (κ1) is 27.2. The molecule has 0 atom stereocenters. The SMILES string of the molecule is Cc1[nH]c(/C=C2\C(=O)Nc3cc(NC(=O)Nc4cc(C(C)(C)C)on4)ccc32)c(C)c1NC(=O)C1CCNCC1. The number of nitrogens with one attached hydrogen (secondary N) is 6. The van der Waals surface area contributed by atoms with E-state index in [1.165, 1.54) is 0 Å². The van der Waals surface area contributed by atoms with E-state index in [0.29, 0.717) is 34.1 Å². The first-order valence-corrected chi connectivity index (χ1v) is 13.4. The molecule has 3 aromatic rings. The van der Waals surface area contributed by atoms with E-state index >= 15 is 0 Å². The molecule has 0 radical (unpaired) electrons. The van der Waals surface area contributed by atoms with Gasteiger partial charge in [0, 0.05) is 40.0 Å². The van der Waals surface area contributed by atoms with Gasteiger partial charge in [-0.2, -0.15) is 0 Å². The van der Waals surface area contributed by atoms with Crippen molar-refractivity contribution in [3.8, 4) is 0 Å². The summed E-state index contributed by atoms with van der Waals surface area (Å²) in [6.45, 7) is 11.5. The van der Waals surface area contributed by atoms with Crippen molar-refractivity contribution in [3.05, 3.63) is 52.5 Å². The Bertz CT molecular complexity index is 1500. The van der Waals surface area contributed by atoms with Gasteiger partial charge in [0.05, 0.1) is 16.9 Å². The molecule has 0 spiro atoms. The number of fused-ring (bicyclic) bond motifs is 1. The maximum atomic E-state index is 12.9. The molecule has 0 aliphatic carbocycles. The quantitative estimate of drug-likeness (QED) is 0.248. The summed E-state index contributed by atoms with van der Waals surface area (Å²) >= 11 is 0. The number of amides is 4. The molecular weight excluding hydrogens is 510 g/mol. The van der Waals surface area contributed by atoms with Crippen molar-refractivity contribution < 1.29 is 18.9 Å². The number of urea groups is 1. The Morgan fingerprint density at radius 2 is 1.82 bits per heavy atom. The van der Waals surface area contributed by atoms with Crippen LogP contribution in [-0.4, -0.2) is 41.1 Å². The first-order chi connectivity index (χ1) is 19.0. The lowest BCUT2D eigenvalue weighted by Gasteiger charge is -2.22. The smallest absolute Gasteiger partial charge is 0.324 e. The maximum absolute atomic E-state index is 12.9. The summed E-state index contributed by atoms with van der Waals surface area (Å²) in [5.41, 5.74) is 5.27. The topological polar surface area (TPSA) is 153 Å². The molecule has 2 aliphatic rings. The van der Waals surface area contributed by atoms with Gasteiger partial charge in [-0.25, -0.2) is 4.79 Å². The van der Waals surface area contributed by atoms with Crippen molar-refractivity contribution in [2.24, 2.45) is 5.92 Å². The normalized spacial score (nSPS) is 16.5. The van der Waals surface area contributed by atoms with Gasteiger partial charge >= 0.3 is 6.03 Å². The Morgan fingerprint density at radius 3 is 2.52 bits per heavy atom. The van der Waals surface area contributed by atoms with Crippen LogP contribution in [0.25, 0.3) is 11.6 Å². The van der Waals surface area contributed by atoms with Gasteiger partial charge in [-0.15, -0.1) is 0 Å². The molecule has 5 rings (SSSR count). The van der Waals surface area contributed by atoms with Crippen molar-refractivity contribution in [1.29, 1.82) is 0 Å². The number of H-pyrrole nitrogens is 1. The van der Waals surface area contributed by atoms with Gasteiger partial charge in [0.25, 0.3) is 5.91 Å². The molecule has 4 heterocycles. The second-order valence-corrected chi connectivity index (χ2v) is 11.4. The van der Waals surface area contributed by atoms with Gasteiger partial charge in [0.15, 0.2) is 5.82 Å². The van der Waals surface area contributed by atoms with Crippen LogP contribution in [0.5, 0.6) is 0 Å². The molecule has 40 heavy (non-hydrogen) atoms. The number of hydrogen-bond acceptors (Lipinski definition) is 6. The number of aryl methyl sites for hydroxylation is 1. The van der Waals surface area contributed by atoms with Gasteiger partial charge in [-0.3, -0.25) is 14.9 Å². The van der Waals surface area contributed by atoms with Crippen molar-refractivity contribution in [2.45, 2.75) is 52.9 Å². The predicted molar refractivity (Wildman–Crippen MR) is 155 cm³/mol. The van der Waals surface area contributed by atoms with Crippen LogP contribution in [0.4, 0.5) is 27.7 Å². The zero-order valence-corrected chi connectivity index (χ0v) is 23.4. The highest BCUT2D eigenvalue weighted by atomic mass is 16.5. The van der Waals surface area contributed by atoms with Crippen LogP contribution in [0.3, 0.4) is 0 Å². The van der Waals surface area contributed by atoms with E-state index in [1.54, 1.807) is 30.3 Å². The third-order valence-corrected chi connectivity index (χ3v) is 7.27. The first-order valence-electron chi connectivity index (χ1n) is 13.4. The number of carbonyl (C=O) groups excluding carboxylic acids is 3. The van der Waals surface area contributed by atoms with Crippen LogP contribution in [0.15, 0.2) is 28.8 Å². The van der Waals surface area contributed by atoms with Crippen LogP contribution in [-0.2, 0) is 15.0 Å². The molecule has 2 aromatic heterocycles. The summed E-state index contributed by atoms with van der Waals surface area (Å²) in [5.74, 6) is 0.736. The Kier molecular flexibility index (Phi) is 7.24. The summed E-state index contributed by atoms with van der Waals surface area (Å²) in [5, 5.41) is 18.6. The Balaban J connectivity index is 1.29. The standard InChI is InChI=1S/C29H35N7O4/c1-15-21(31-16(2)25(15)35-26(37)17-8-10-30-11-9-17)13-20-19-7-6-18(12-22(19)33-27(20)38)32-28(39)34-24-14-23(40-36-24)29(3,4)5/h6-7,12-14,17,30-31H,8-11H2,1-5H3,(H,33,38)(H,35,37)(H2,32,34,36,39)/b20-13-. The molecule has 1 fully saturated rings. The molecule has 11 nitrogen and oxygen atoms in total. The lowest BCUT2D eigenvalue weighted by atomic mass is 9.93. The molecule has 0 bridgehead atoms. The monoisotopic (exact) mass is 545 g/mol. The number of hydrogen-bond donors (Lipinski definition) is 6. The highest BCUT2D eigenvalue weighted by molar-refractivity contribution is 6.35. The van der Waals surface area contributed by atoms with E-state index in [0.717, 1.165) is 48.6 Å². The maximum Gasteiger partial charge on any atom is 0.324 e. The van der Waals surface area contributed by atoms with Gasteiger partial charge < -0.3 is 30.8 Å². The number of piperidine rings is 1. The lowest BCUT2D eigenvalue weighted by molar-refractivity contribution is -0.120. The number of carbonyl (C=O) groups is 3. The fraction of sp³-hybridized carbons (Fsp3) is 0.379. The van der Waals surface area contributed by atoms with E-state index in [4.69, 9.17) is 4.52 Å². The number of benzene rings is 1. The molecule has 6 N–H and O–H groups in total. The number of rotatable bonds is 5. The third kappa shape index (κ3) is 5.64. The zero-order chi connectivity index (χ0) is 28.6. The minimum absolute atomic E-state index is 0.00830. The minimum atomic E-state index is -0.481. The molecular formula is C29H35N7O4. The highest BCUT2D eigenvalue weighted by Crippen LogP contribution is 2.36. The zero-order valence-electron chi connectivity index (χ0n) is 23.4. The fourth-order valence-electron chi connectivity index (χ4n) is 4.94. The predicted octanol–water partition coefficient (Wildman–Crippen LogP) is 4.99. The molecule has 11 heteroatoms. The second kappa shape index (κ2) is 10.6. The van der Waals surface area contributed by atoms with Gasteiger partial charge in [-0.1, -0.05) is 32.0 Å². The summed E-state index contributed by atoms with van der Waals surface area (Å²) in [6, 6.07) is 6.43. The van der Waals surface area contributed by atoms with Crippen LogP contribution < -0.4 is 26.6 Å². The number of nitrogens with zero attached hydrogens (tertiary/aromatic N) is 1. The molecule has 0 saturated carbocycles.